The monoisotopic (exact) mass is 478 g/mol. The Morgan fingerprint density at radius 1 is 0.971 bits per heavy atom. The number of benzene rings is 3. The zero-order chi connectivity index (χ0) is 24.3. The molecule has 178 valence electrons. The van der Waals surface area contributed by atoms with E-state index < -0.39 is 10.0 Å². The van der Waals surface area contributed by atoms with Gasteiger partial charge in [0.25, 0.3) is 15.9 Å². The Bertz CT molecular complexity index is 1250. The lowest BCUT2D eigenvalue weighted by Crippen LogP contribution is -2.44. The third-order valence-electron chi connectivity index (χ3n) is 6.69. The molecular formula is C27H30N2O4S. The molecule has 34 heavy (non-hydrogen) atoms. The average molecular weight is 479 g/mol. The first kappa shape index (κ1) is 23.8. The number of fused-ring (bicyclic) bond motifs is 1. The quantitative estimate of drug-likeness (QED) is 0.498. The number of amides is 1. The highest BCUT2D eigenvalue weighted by Gasteiger charge is 2.39. The van der Waals surface area contributed by atoms with Gasteiger partial charge in [-0.25, -0.2) is 8.42 Å². The van der Waals surface area contributed by atoms with Crippen molar-refractivity contribution < 1.29 is 17.9 Å². The predicted molar refractivity (Wildman–Crippen MR) is 134 cm³/mol. The van der Waals surface area contributed by atoms with Gasteiger partial charge in [-0.05, 0) is 55.3 Å². The summed E-state index contributed by atoms with van der Waals surface area (Å²) >= 11 is 0. The summed E-state index contributed by atoms with van der Waals surface area (Å²) in [6.07, 6.45) is 2.39. The van der Waals surface area contributed by atoms with E-state index in [-0.39, 0.29) is 22.4 Å². The molecule has 0 aliphatic carbocycles. The fourth-order valence-electron chi connectivity index (χ4n) is 4.38. The molecule has 3 aromatic rings. The molecule has 1 amide bonds. The van der Waals surface area contributed by atoms with Gasteiger partial charge in [0.2, 0.25) is 0 Å². The van der Waals surface area contributed by atoms with Crippen molar-refractivity contribution in [1.82, 2.24) is 5.32 Å². The first-order valence-electron chi connectivity index (χ1n) is 11.5. The summed E-state index contributed by atoms with van der Waals surface area (Å²) in [7, 11) is -2.18. The Balaban J connectivity index is 1.53. The van der Waals surface area contributed by atoms with E-state index in [4.69, 9.17) is 4.74 Å². The molecule has 0 radical (unpaired) electrons. The number of ether oxygens (including phenoxy) is 1. The summed E-state index contributed by atoms with van der Waals surface area (Å²) in [4.78, 5) is 13.3. The molecule has 0 aromatic heterocycles. The highest BCUT2D eigenvalue weighted by molar-refractivity contribution is 7.92. The van der Waals surface area contributed by atoms with Crippen molar-refractivity contribution in [3.8, 4) is 5.75 Å². The highest BCUT2D eigenvalue weighted by Crippen LogP contribution is 2.42. The standard InChI is InChI=1S/C27H30N2O4S/c1-4-27(5-2)19-24(23-13-9-10-14-25(23)33-27)28-26(30)20-15-17-21(18-16-20)29(3)34(31,32)22-11-7-6-8-12-22/h6-18,24H,4-5,19H2,1-3H3,(H,28,30)/t24-/m0/s1. The summed E-state index contributed by atoms with van der Waals surface area (Å²) in [5.74, 6) is 0.605. The van der Waals surface area contributed by atoms with E-state index in [9.17, 15) is 13.2 Å². The third kappa shape index (κ3) is 4.53. The van der Waals surface area contributed by atoms with Gasteiger partial charge in [-0.3, -0.25) is 9.10 Å². The van der Waals surface area contributed by atoms with Gasteiger partial charge < -0.3 is 10.1 Å². The number of para-hydroxylation sites is 1. The van der Waals surface area contributed by atoms with E-state index in [1.165, 1.54) is 11.4 Å². The molecule has 1 aliphatic heterocycles. The second-order valence-corrected chi connectivity index (χ2v) is 10.6. The van der Waals surface area contributed by atoms with Crippen LogP contribution in [0.5, 0.6) is 5.75 Å². The minimum atomic E-state index is -3.68. The minimum Gasteiger partial charge on any atom is -0.487 e. The Hall–Kier alpha value is -3.32. The number of hydrogen-bond acceptors (Lipinski definition) is 4. The first-order chi connectivity index (χ1) is 16.3. The van der Waals surface area contributed by atoms with Crippen molar-refractivity contribution in [1.29, 1.82) is 0 Å². The molecule has 0 bridgehead atoms. The van der Waals surface area contributed by atoms with Crippen molar-refractivity contribution in [2.45, 2.75) is 49.6 Å². The maximum absolute atomic E-state index is 13.1. The van der Waals surface area contributed by atoms with E-state index in [1.54, 1.807) is 54.6 Å². The SMILES string of the molecule is CCC1(CC)C[C@H](NC(=O)c2ccc(N(C)S(=O)(=O)c3ccccc3)cc2)c2ccccc2O1. The lowest BCUT2D eigenvalue weighted by atomic mass is 9.83. The fourth-order valence-corrected chi connectivity index (χ4v) is 5.60. The van der Waals surface area contributed by atoms with Gasteiger partial charge in [-0.15, -0.1) is 0 Å². The summed E-state index contributed by atoms with van der Waals surface area (Å²) < 4.78 is 33.3. The van der Waals surface area contributed by atoms with Crippen LogP contribution in [-0.2, 0) is 10.0 Å². The Morgan fingerprint density at radius 2 is 1.59 bits per heavy atom. The van der Waals surface area contributed by atoms with E-state index in [0.717, 1.165) is 24.2 Å². The number of sulfonamides is 1. The molecule has 0 spiro atoms. The molecule has 0 unspecified atom stereocenters. The van der Waals surface area contributed by atoms with E-state index in [0.29, 0.717) is 17.7 Å². The molecule has 0 fully saturated rings. The van der Waals surface area contributed by atoms with Crippen LogP contribution in [0.1, 0.15) is 55.1 Å². The smallest absolute Gasteiger partial charge is 0.264 e. The molecule has 7 heteroatoms. The number of carbonyl (C=O) groups excluding carboxylic acids is 1. The van der Waals surface area contributed by atoms with Crippen LogP contribution in [0.25, 0.3) is 0 Å². The van der Waals surface area contributed by atoms with Crippen LogP contribution in [0.4, 0.5) is 5.69 Å². The molecule has 1 N–H and O–H groups in total. The zero-order valence-electron chi connectivity index (χ0n) is 19.7. The van der Waals surface area contributed by atoms with Gasteiger partial charge in [-0.1, -0.05) is 50.2 Å². The fraction of sp³-hybridized carbons (Fsp3) is 0.296. The molecule has 4 rings (SSSR count). The van der Waals surface area contributed by atoms with Crippen LogP contribution >= 0.6 is 0 Å². The molecule has 1 aliphatic rings. The minimum absolute atomic E-state index is 0.168. The summed E-state index contributed by atoms with van der Waals surface area (Å²) in [6.45, 7) is 4.21. The Kier molecular flexibility index (Phi) is 6.66. The maximum Gasteiger partial charge on any atom is 0.264 e. The van der Waals surface area contributed by atoms with Crippen LogP contribution < -0.4 is 14.4 Å². The van der Waals surface area contributed by atoms with Crippen molar-refractivity contribution >= 4 is 21.6 Å². The van der Waals surface area contributed by atoms with Gasteiger partial charge in [-0.2, -0.15) is 0 Å². The van der Waals surface area contributed by atoms with E-state index in [2.05, 4.69) is 19.2 Å². The van der Waals surface area contributed by atoms with Gasteiger partial charge in [0.1, 0.15) is 11.4 Å². The summed E-state index contributed by atoms with van der Waals surface area (Å²) in [6, 6.07) is 22.5. The second-order valence-electron chi connectivity index (χ2n) is 8.59. The van der Waals surface area contributed by atoms with Crippen molar-refractivity contribution in [3.05, 3.63) is 90.0 Å². The molecule has 3 aromatic carbocycles. The molecule has 1 atom stereocenters. The topological polar surface area (TPSA) is 75.7 Å². The number of anilines is 1. The number of nitrogens with zero attached hydrogens (tertiary/aromatic N) is 1. The molecule has 6 nitrogen and oxygen atoms in total. The normalized spacial score (nSPS) is 16.7. The van der Waals surface area contributed by atoms with Crippen LogP contribution in [0.3, 0.4) is 0 Å². The molecule has 0 saturated heterocycles. The lowest BCUT2D eigenvalue weighted by molar-refractivity contribution is 0.0227. The summed E-state index contributed by atoms with van der Waals surface area (Å²) in [5.41, 5.74) is 1.60. The highest BCUT2D eigenvalue weighted by atomic mass is 32.2. The average Bonchev–Trinajstić information content (AvgIpc) is 2.88. The van der Waals surface area contributed by atoms with Gasteiger partial charge >= 0.3 is 0 Å². The van der Waals surface area contributed by atoms with Crippen molar-refractivity contribution in [2.24, 2.45) is 0 Å². The molecule has 1 heterocycles. The van der Waals surface area contributed by atoms with Gasteiger partial charge in [0.05, 0.1) is 16.6 Å². The van der Waals surface area contributed by atoms with E-state index in [1.807, 2.05) is 24.3 Å². The Labute approximate surface area is 201 Å². The van der Waals surface area contributed by atoms with Crippen molar-refractivity contribution in [3.63, 3.8) is 0 Å². The second kappa shape index (κ2) is 9.50. The zero-order valence-corrected chi connectivity index (χ0v) is 20.5. The van der Waals surface area contributed by atoms with Crippen LogP contribution in [0, 0.1) is 0 Å². The lowest BCUT2D eigenvalue weighted by Gasteiger charge is -2.41. The summed E-state index contributed by atoms with van der Waals surface area (Å²) in [5, 5.41) is 3.17. The maximum atomic E-state index is 13.1. The van der Waals surface area contributed by atoms with Crippen LogP contribution in [0.15, 0.2) is 83.8 Å². The predicted octanol–water partition coefficient (Wildman–Crippen LogP) is 5.32. The Morgan fingerprint density at radius 3 is 2.24 bits per heavy atom. The van der Waals surface area contributed by atoms with E-state index >= 15 is 0 Å². The first-order valence-corrected chi connectivity index (χ1v) is 13.0. The number of hydrogen-bond donors (Lipinski definition) is 1. The largest absolute Gasteiger partial charge is 0.487 e. The number of rotatable bonds is 7. The van der Waals surface area contributed by atoms with Gasteiger partial charge in [0, 0.05) is 24.6 Å². The van der Waals surface area contributed by atoms with Crippen LogP contribution in [-0.4, -0.2) is 27.0 Å². The number of nitrogens with one attached hydrogen (secondary N) is 1. The molecular weight excluding hydrogens is 448 g/mol. The van der Waals surface area contributed by atoms with Gasteiger partial charge in [0.15, 0.2) is 0 Å². The van der Waals surface area contributed by atoms with Crippen LogP contribution in [0.2, 0.25) is 0 Å². The third-order valence-corrected chi connectivity index (χ3v) is 8.49. The van der Waals surface area contributed by atoms with Crippen molar-refractivity contribution in [2.75, 3.05) is 11.4 Å². The number of carbonyl (C=O) groups is 1. The molecule has 0 saturated carbocycles.